The van der Waals surface area contributed by atoms with Crippen LogP contribution in [0, 0.1) is 5.92 Å². The molecule has 164 valence electrons. The van der Waals surface area contributed by atoms with E-state index in [1.54, 1.807) is 36.1 Å². The lowest BCUT2D eigenvalue weighted by Crippen LogP contribution is -2.36. The summed E-state index contributed by atoms with van der Waals surface area (Å²) < 4.78 is 5.51. The van der Waals surface area contributed by atoms with Crippen molar-refractivity contribution >= 4 is 23.4 Å². The first-order chi connectivity index (χ1) is 14.9. The van der Waals surface area contributed by atoms with E-state index in [9.17, 15) is 19.5 Å². The summed E-state index contributed by atoms with van der Waals surface area (Å²) in [5.41, 5.74) is 1.67. The third-order valence-corrected chi connectivity index (χ3v) is 4.92. The van der Waals surface area contributed by atoms with Crippen LogP contribution in [0.5, 0.6) is 5.75 Å². The van der Waals surface area contributed by atoms with E-state index in [2.05, 4.69) is 10.6 Å². The first kappa shape index (κ1) is 22.3. The number of nitrogens with zero attached hydrogens (tertiary/aromatic N) is 1. The molecule has 0 aromatic heterocycles. The Balaban J connectivity index is 1.46. The largest absolute Gasteiger partial charge is 0.484 e. The summed E-state index contributed by atoms with van der Waals surface area (Å²) in [5, 5.41) is 14.7. The van der Waals surface area contributed by atoms with E-state index in [-0.39, 0.29) is 43.8 Å². The average Bonchev–Trinajstić information content (AvgIpc) is 3.17. The van der Waals surface area contributed by atoms with Crippen LogP contribution in [0.4, 0.5) is 5.69 Å². The van der Waals surface area contributed by atoms with E-state index < -0.39 is 12.0 Å². The van der Waals surface area contributed by atoms with Gasteiger partial charge in [-0.25, -0.2) is 0 Å². The number of nitrogens with one attached hydrogen (secondary N) is 2. The van der Waals surface area contributed by atoms with Crippen molar-refractivity contribution in [1.82, 2.24) is 10.6 Å². The molecular formula is C23H27N3O5. The van der Waals surface area contributed by atoms with E-state index in [1.165, 1.54) is 0 Å². The summed E-state index contributed by atoms with van der Waals surface area (Å²) in [5.74, 6) is -0.537. The Morgan fingerprint density at radius 1 is 1.13 bits per heavy atom. The fourth-order valence-electron chi connectivity index (χ4n) is 3.24. The van der Waals surface area contributed by atoms with Crippen molar-refractivity contribution in [3.8, 4) is 5.75 Å². The number of rotatable bonds is 9. The molecule has 0 radical (unpaired) electrons. The van der Waals surface area contributed by atoms with Crippen LogP contribution in [-0.4, -0.2) is 48.6 Å². The van der Waals surface area contributed by atoms with Gasteiger partial charge in [0, 0.05) is 31.7 Å². The van der Waals surface area contributed by atoms with Gasteiger partial charge in [-0.2, -0.15) is 0 Å². The van der Waals surface area contributed by atoms with Gasteiger partial charge in [-0.15, -0.1) is 0 Å². The molecule has 1 heterocycles. The average molecular weight is 425 g/mol. The summed E-state index contributed by atoms with van der Waals surface area (Å²) >= 11 is 0. The SMILES string of the molecule is C[C@@H](O)CNC(=O)[C@H]1CC(=O)N(c2ccc(OCC(=O)NCc3ccccc3)cc2)C1. The van der Waals surface area contributed by atoms with Crippen molar-refractivity contribution in [2.24, 2.45) is 5.92 Å². The van der Waals surface area contributed by atoms with Crippen molar-refractivity contribution in [3.63, 3.8) is 0 Å². The van der Waals surface area contributed by atoms with Crippen LogP contribution in [0.3, 0.4) is 0 Å². The summed E-state index contributed by atoms with van der Waals surface area (Å²) in [6, 6.07) is 16.4. The van der Waals surface area contributed by atoms with Crippen molar-refractivity contribution in [2.45, 2.75) is 26.0 Å². The number of aliphatic hydroxyl groups excluding tert-OH is 1. The van der Waals surface area contributed by atoms with Gasteiger partial charge in [0.05, 0.1) is 12.0 Å². The highest BCUT2D eigenvalue weighted by Crippen LogP contribution is 2.27. The van der Waals surface area contributed by atoms with Crippen molar-refractivity contribution in [3.05, 3.63) is 60.2 Å². The van der Waals surface area contributed by atoms with Gasteiger partial charge in [-0.3, -0.25) is 14.4 Å². The molecule has 2 aromatic rings. The molecule has 1 saturated heterocycles. The van der Waals surface area contributed by atoms with E-state index in [0.29, 0.717) is 18.0 Å². The second kappa shape index (κ2) is 10.6. The standard InChI is InChI=1S/C23H27N3O5/c1-16(27)12-25-23(30)18-11-22(29)26(14-18)19-7-9-20(10-8-19)31-15-21(28)24-13-17-5-3-2-4-6-17/h2-10,16,18,27H,11-15H2,1H3,(H,24,28)(H,25,30)/t16-,18+/m1/s1. The molecule has 8 heteroatoms. The monoisotopic (exact) mass is 425 g/mol. The maximum atomic E-state index is 12.3. The van der Waals surface area contributed by atoms with E-state index >= 15 is 0 Å². The highest BCUT2D eigenvalue weighted by Gasteiger charge is 2.35. The molecule has 3 N–H and O–H groups in total. The van der Waals surface area contributed by atoms with Gasteiger partial charge in [-0.1, -0.05) is 30.3 Å². The molecule has 2 aromatic carbocycles. The molecule has 2 atom stereocenters. The summed E-state index contributed by atoms with van der Waals surface area (Å²) in [6.45, 7) is 2.36. The lowest BCUT2D eigenvalue weighted by molar-refractivity contribution is -0.126. The summed E-state index contributed by atoms with van der Waals surface area (Å²) in [4.78, 5) is 38.0. The third kappa shape index (κ3) is 6.55. The Morgan fingerprint density at radius 2 is 1.84 bits per heavy atom. The predicted octanol–water partition coefficient (Wildman–Crippen LogP) is 1.23. The maximum Gasteiger partial charge on any atom is 0.258 e. The van der Waals surface area contributed by atoms with Crippen molar-refractivity contribution in [1.29, 1.82) is 0 Å². The second-order valence-electron chi connectivity index (χ2n) is 7.54. The van der Waals surface area contributed by atoms with Gasteiger partial charge >= 0.3 is 0 Å². The highest BCUT2D eigenvalue weighted by atomic mass is 16.5. The van der Waals surface area contributed by atoms with Crippen LogP contribution in [0.25, 0.3) is 0 Å². The first-order valence-electron chi connectivity index (χ1n) is 10.2. The molecule has 0 spiro atoms. The number of ether oxygens (including phenoxy) is 1. The minimum absolute atomic E-state index is 0.111. The Kier molecular flexibility index (Phi) is 7.61. The first-order valence-corrected chi connectivity index (χ1v) is 10.2. The second-order valence-corrected chi connectivity index (χ2v) is 7.54. The topological polar surface area (TPSA) is 108 Å². The molecule has 1 aliphatic heterocycles. The zero-order chi connectivity index (χ0) is 22.2. The van der Waals surface area contributed by atoms with Gasteiger partial charge in [0.15, 0.2) is 6.61 Å². The number of aliphatic hydroxyl groups is 1. The van der Waals surface area contributed by atoms with Gasteiger partial charge in [0.2, 0.25) is 11.8 Å². The molecule has 0 aliphatic carbocycles. The third-order valence-electron chi connectivity index (χ3n) is 4.92. The smallest absolute Gasteiger partial charge is 0.258 e. The Bertz CT molecular complexity index is 899. The number of carbonyl (C=O) groups excluding carboxylic acids is 3. The van der Waals surface area contributed by atoms with Gasteiger partial charge in [0.25, 0.3) is 5.91 Å². The van der Waals surface area contributed by atoms with Crippen molar-refractivity contribution < 1.29 is 24.2 Å². The number of hydrogen-bond donors (Lipinski definition) is 3. The van der Waals surface area contributed by atoms with Crippen LogP contribution in [0.1, 0.15) is 18.9 Å². The molecule has 3 amide bonds. The fourth-order valence-corrected chi connectivity index (χ4v) is 3.24. The van der Waals surface area contributed by atoms with Gasteiger partial charge in [0.1, 0.15) is 5.75 Å². The normalized spacial score (nSPS) is 16.6. The van der Waals surface area contributed by atoms with Crippen molar-refractivity contribution in [2.75, 3.05) is 24.6 Å². The Hall–Kier alpha value is -3.39. The summed E-state index contributed by atoms with van der Waals surface area (Å²) in [6.07, 6.45) is -0.504. The van der Waals surface area contributed by atoms with Gasteiger partial charge < -0.3 is 25.4 Å². The van der Waals surface area contributed by atoms with E-state index in [0.717, 1.165) is 5.56 Å². The summed E-state index contributed by atoms with van der Waals surface area (Å²) in [7, 11) is 0. The molecule has 8 nitrogen and oxygen atoms in total. The molecule has 31 heavy (non-hydrogen) atoms. The number of amides is 3. The molecule has 1 aliphatic rings. The van der Waals surface area contributed by atoms with Crippen LogP contribution < -0.4 is 20.3 Å². The number of anilines is 1. The maximum absolute atomic E-state index is 12.3. The minimum atomic E-state index is -0.634. The lowest BCUT2D eigenvalue weighted by Gasteiger charge is -2.17. The predicted molar refractivity (Wildman–Crippen MR) is 115 cm³/mol. The minimum Gasteiger partial charge on any atom is -0.484 e. The Morgan fingerprint density at radius 3 is 2.52 bits per heavy atom. The number of benzene rings is 2. The highest BCUT2D eigenvalue weighted by molar-refractivity contribution is 6.00. The van der Waals surface area contributed by atoms with Crippen LogP contribution in [-0.2, 0) is 20.9 Å². The van der Waals surface area contributed by atoms with E-state index in [4.69, 9.17) is 4.74 Å². The zero-order valence-corrected chi connectivity index (χ0v) is 17.4. The van der Waals surface area contributed by atoms with Gasteiger partial charge in [-0.05, 0) is 36.8 Å². The van der Waals surface area contributed by atoms with Crippen LogP contribution in [0.15, 0.2) is 54.6 Å². The fraction of sp³-hybridized carbons (Fsp3) is 0.348. The molecule has 0 unspecified atom stereocenters. The zero-order valence-electron chi connectivity index (χ0n) is 17.4. The van der Waals surface area contributed by atoms with Crippen LogP contribution in [0.2, 0.25) is 0 Å². The molecule has 0 bridgehead atoms. The number of hydrogen-bond acceptors (Lipinski definition) is 5. The van der Waals surface area contributed by atoms with E-state index in [1.807, 2.05) is 30.3 Å². The molecule has 1 fully saturated rings. The quantitative estimate of drug-likeness (QED) is 0.560. The molecule has 0 saturated carbocycles. The molecule has 3 rings (SSSR count). The lowest BCUT2D eigenvalue weighted by atomic mass is 10.1. The van der Waals surface area contributed by atoms with Crippen LogP contribution >= 0.6 is 0 Å². The molecular weight excluding hydrogens is 398 g/mol. The Labute approximate surface area is 181 Å². The number of carbonyl (C=O) groups is 3.